The number of hydrogen-bond acceptors (Lipinski definition) is 5. The number of hydrogen-bond donors (Lipinski definition) is 3. The summed E-state index contributed by atoms with van der Waals surface area (Å²) in [5.41, 5.74) is 2.40. The first-order chi connectivity index (χ1) is 10.6. The Labute approximate surface area is 130 Å². The maximum absolute atomic E-state index is 11.8. The number of nitrogens with zero attached hydrogens (tertiary/aromatic N) is 2. The number of amides is 2. The fraction of sp³-hybridized carbons (Fsp3) is 0.143. The number of fused-ring (bicyclic) bond motifs is 1. The van der Waals surface area contributed by atoms with E-state index in [1.54, 1.807) is 24.5 Å². The van der Waals surface area contributed by atoms with Crippen molar-refractivity contribution in [2.75, 3.05) is 11.6 Å². The minimum Gasteiger partial charge on any atom is -0.346 e. The Morgan fingerprint density at radius 3 is 2.95 bits per heavy atom. The van der Waals surface area contributed by atoms with Crippen LogP contribution in [0.15, 0.2) is 29.1 Å². The van der Waals surface area contributed by atoms with Gasteiger partial charge in [0.15, 0.2) is 5.17 Å². The second-order valence-electron chi connectivity index (χ2n) is 4.65. The smallest absolute Gasteiger partial charge is 0.275 e. The summed E-state index contributed by atoms with van der Waals surface area (Å²) in [5.74, 6) is -0.398. The number of amidine groups is 1. The van der Waals surface area contributed by atoms with Gasteiger partial charge in [0.2, 0.25) is 5.91 Å². The van der Waals surface area contributed by atoms with Crippen molar-refractivity contribution in [2.45, 2.75) is 6.92 Å². The summed E-state index contributed by atoms with van der Waals surface area (Å²) in [5, 5.41) is 6.74. The zero-order valence-electron chi connectivity index (χ0n) is 11.9. The summed E-state index contributed by atoms with van der Waals surface area (Å²) in [6, 6.07) is 1.80. The molecule has 1 aliphatic heterocycles. The van der Waals surface area contributed by atoms with Crippen molar-refractivity contribution in [3.05, 3.63) is 29.7 Å². The van der Waals surface area contributed by atoms with Crippen LogP contribution < -0.4 is 10.6 Å². The zero-order chi connectivity index (χ0) is 15.7. The van der Waals surface area contributed by atoms with Gasteiger partial charge < -0.3 is 10.3 Å². The van der Waals surface area contributed by atoms with Crippen LogP contribution >= 0.6 is 11.8 Å². The van der Waals surface area contributed by atoms with Gasteiger partial charge in [-0.05, 0) is 18.4 Å². The van der Waals surface area contributed by atoms with E-state index in [9.17, 15) is 9.59 Å². The number of aromatic nitrogens is 2. The molecule has 112 valence electrons. The average molecular weight is 315 g/mol. The summed E-state index contributed by atoms with van der Waals surface area (Å²) < 4.78 is 0. The van der Waals surface area contributed by atoms with E-state index in [0.717, 1.165) is 10.9 Å². The van der Waals surface area contributed by atoms with Crippen molar-refractivity contribution in [3.63, 3.8) is 0 Å². The fourth-order valence-corrected chi connectivity index (χ4v) is 2.49. The number of thioether (sulfide) groups is 1. The van der Waals surface area contributed by atoms with Crippen LogP contribution in [0.2, 0.25) is 0 Å². The van der Waals surface area contributed by atoms with Gasteiger partial charge >= 0.3 is 0 Å². The van der Waals surface area contributed by atoms with Crippen molar-refractivity contribution in [2.24, 2.45) is 4.99 Å². The molecule has 3 N–H and O–H groups in total. The number of aliphatic imine (C=N–C) groups is 1. The number of H-pyrrole nitrogens is 1. The van der Waals surface area contributed by atoms with Gasteiger partial charge in [0.1, 0.15) is 11.3 Å². The molecule has 3 rings (SSSR count). The van der Waals surface area contributed by atoms with E-state index < -0.39 is 0 Å². The molecule has 0 aliphatic carbocycles. The first-order valence-electron chi connectivity index (χ1n) is 6.47. The quantitative estimate of drug-likeness (QED) is 0.735. The first kappa shape index (κ1) is 14.3. The van der Waals surface area contributed by atoms with E-state index in [-0.39, 0.29) is 11.8 Å². The Balaban J connectivity index is 2.02. The first-order valence-corrected chi connectivity index (χ1v) is 7.70. The van der Waals surface area contributed by atoms with Crippen molar-refractivity contribution in [1.82, 2.24) is 15.3 Å². The van der Waals surface area contributed by atoms with Crippen molar-refractivity contribution in [3.8, 4) is 0 Å². The molecule has 0 aromatic carbocycles. The van der Waals surface area contributed by atoms with Crippen LogP contribution in [-0.2, 0) is 9.59 Å². The zero-order valence-corrected chi connectivity index (χ0v) is 12.7. The minimum atomic E-state index is -0.232. The third-order valence-electron chi connectivity index (χ3n) is 3.04. The molecule has 0 atom stereocenters. The molecular formula is C14H13N5O2S. The van der Waals surface area contributed by atoms with E-state index in [0.29, 0.717) is 22.2 Å². The summed E-state index contributed by atoms with van der Waals surface area (Å²) >= 11 is 1.38. The lowest BCUT2D eigenvalue weighted by atomic mass is 10.2. The SMILES string of the molecule is CSC1=N/C(=C\c2c[nH]c3ncc(NC(C)=O)cc23)C(=O)N1. The highest BCUT2D eigenvalue weighted by Crippen LogP contribution is 2.24. The van der Waals surface area contributed by atoms with Gasteiger partial charge in [-0.2, -0.15) is 0 Å². The molecule has 7 nitrogen and oxygen atoms in total. The average Bonchev–Trinajstić information content (AvgIpc) is 3.03. The molecule has 3 heterocycles. The lowest BCUT2D eigenvalue weighted by molar-refractivity contribution is -0.116. The number of pyridine rings is 1. The van der Waals surface area contributed by atoms with Gasteiger partial charge in [-0.1, -0.05) is 11.8 Å². The third-order valence-corrected chi connectivity index (χ3v) is 3.62. The molecular weight excluding hydrogens is 302 g/mol. The molecule has 0 saturated carbocycles. The number of anilines is 1. The van der Waals surface area contributed by atoms with Gasteiger partial charge in [-0.15, -0.1) is 0 Å². The summed E-state index contributed by atoms with van der Waals surface area (Å²) in [7, 11) is 0. The Kier molecular flexibility index (Phi) is 3.68. The number of carbonyl (C=O) groups excluding carboxylic acids is 2. The van der Waals surface area contributed by atoms with Crippen molar-refractivity contribution < 1.29 is 9.59 Å². The molecule has 0 saturated heterocycles. The van der Waals surface area contributed by atoms with Crippen LogP contribution in [0.5, 0.6) is 0 Å². The lowest BCUT2D eigenvalue weighted by Gasteiger charge is -2.01. The molecule has 0 bridgehead atoms. The Bertz CT molecular complexity index is 837. The molecule has 0 spiro atoms. The largest absolute Gasteiger partial charge is 0.346 e. The normalized spacial score (nSPS) is 16.0. The van der Waals surface area contributed by atoms with Crippen LogP contribution in [0.25, 0.3) is 17.1 Å². The predicted molar refractivity (Wildman–Crippen MR) is 87.5 cm³/mol. The standard InChI is InChI=1S/C14H13N5O2S/c1-7(20)17-9-4-10-8(5-15-12(10)16-6-9)3-11-13(21)19-14(18-11)22-2/h3-6H,1-2H3,(H,15,16)(H,17,20)(H,18,19,21)/b11-3-. The molecule has 22 heavy (non-hydrogen) atoms. The monoisotopic (exact) mass is 315 g/mol. The summed E-state index contributed by atoms with van der Waals surface area (Å²) in [6.07, 6.45) is 6.86. The predicted octanol–water partition coefficient (Wildman–Crippen LogP) is 1.71. The van der Waals surface area contributed by atoms with E-state index in [1.807, 2.05) is 6.26 Å². The van der Waals surface area contributed by atoms with E-state index >= 15 is 0 Å². The number of aromatic amines is 1. The lowest BCUT2D eigenvalue weighted by Crippen LogP contribution is -2.21. The Morgan fingerprint density at radius 1 is 1.45 bits per heavy atom. The number of rotatable bonds is 2. The van der Waals surface area contributed by atoms with Crippen LogP contribution in [0.4, 0.5) is 5.69 Å². The second-order valence-corrected chi connectivity index (χ2v) is 5.45. The highest BCUT2D eigenvalue weighted by molar-refractivity contribution is 8.13. The Morgan fingerprint density at radius 2 is 2.27 bits per heavy atom. The molecule has 0 radical (unpaired) electrons. The third kappa shape index (κ3) is 2.73. The molecule has 2 aromatic rings. The molecule has 8 heteroatoms. The van der Waals surface area contributed by atoms with Crippen LogP contribution in [0.3, 0.4) is 0 Å². The van der Waals surface area contributed by atoms with Crippen LogP contribution in [0.1, 0.15) is 12.5 Å². The summed E-state index contributed by atoms with van der Waals surface area (Å²) in [4.78, 5) is 34.4. The maximum atomic E-state index is 11.8. The fourth-order valence-electron chi connectivity index (χ4n) is 2.11. The van der Waals surface area contributed by atoms with Crippen LogP contribution in [-0.4, -0.2) is 33.2 Å². The number of carbonyl (C=O) groups is 2. The molecule has 2 amide bonds. The Hall–Kier alpha value is -2.61. The highest BCUT2D eigenvalue weighted by atomic mass is 32.2. The van der Waals surface area contributed by atoms with Gasteiger partial charge in [-0.3, -0.25) is 14.9 Å². The topological polar surface area (TPSA) is 99.2 Å². The van der Waals surface area contributed by atoms with Gasteiger partial charge in [0, 0.05) is 24.1 Å². The molecule has 1 aliphatic rings. The maximum Gasteiger partial charge on any atom is 0.275 e. The van der Waals surface area contributed by atoms with Crippen molar-refractivity contribution in [1.29, 1.82) is 0 Å². The van der Waals surface area contributed by atoms with Crippen molar-refractivity contribution >= 4 is 51.5 Å². The van der Waals surface area contributed by atoms with E-state index in [4.69, 9.17) is 0 Å². The summed E-state index contributed by atoms with van der Waals surface area (Å²) in [6.45, 7) is 1.44. The van der Waals surface area contributed by atoms with Gasteiger partial charge in [0.25, 0.3) is 5.91 Å². The van der Waals surface area contributed by atoms with Crippen LogP contribution in [0, 0.1) is 0 Å². The molecule has 0 unspecified atom stereocenters. The van der Waals surface area contributed by atoms with E-state index in [2.05, 4.69) is 25.6 Å². The number of nitrogens with one attached hydrogen (secondary N) is 3. The minimum absolute atomic E-state index is 0.166. The molecule has 2 aromatic heterocycles. The van der Waals surface area contributed by atoms with Gasteiger partial charge in [0.05, 0.1) is 11.9 Å². The highest BCUT2D eigenvalue weighted by Gasteiger charge is 2.19. The van der Waals surface area contributed by atoms with Gasteiger partial charge in [-0.25, -0.2) is 9.98 Å². The molecule has 0 fully saturated rings. The second kappa shape index (κ2) is 5.64. The van der Waals surface area contributed by atoms with E-state index in [1.165, 1.54) is 18.7 Å².